The molecule has 6 heteroatoms. The number of halogens is 1. The summed E-state index contributed by atoms with van der Waals surface area (Å²) >= 11 is 5.49. The van der Waals surface area contributed by atoms with Crippen LogP contribution in [0.1, 0.15) is 27.5 Å². The number of aromatic nitrogens is 1. The molecule has 142 valence electrons. The molecule has 1 aromatic heterocycles. The average Bonchev–Trinajstić information content (AvgIpc) is 2.74. The fourth-order valence-electron chi connectivity index (χ4n) is 2.78. The molecule has 0 saturated carbocycles. The lowest BCUT2D eigenvalue weighted by Crippen LogP contribution is -2.48. The number of benzene rings is 2. The van der Waals surface area contributed by atoms with E-state index in [0.717, 1.165) is 5.56 Å². The number of hydrogen-bond donors (Lipinski definition) is 1. The molecule has 0 saturated heterocycles. The van der Waals surface area contributed by atoms with Crippen molar-refractivity contribution in [1.29, 1.82) is 0 Å². The van der Waals surface area contributed by atoms with Crippen LogP contribution in [-0.4, -0.2) is 15.9 Å². The maximum absolute atomic E-state index is 13.3. The molecular formula is C22H19FN2O2S. The van der Waals surface area contributed by atoms with Crippen molar-refractivity contribution in [3.05, 3.63) is 102 Å². The van der Waals surface area contributed by atoms with Crippen LogP contribution in [0.2, 0.25) is 0 Å². The molecule has 0 amide bonds. The molecule has 0 aliphatic carbocycles. The molecule has 0 spiro atoms. The molecule has 4 nitrogen and oxygen atoms in total. The average molecular weight is 394 g/mol. The second-order valence-electron chi connectivity index (χ2n) is 6.23. The summed E-state index contributed by atoms with van der Waals surface area (Å²) in [5.74, 6) is -0.707. The van der Waals surface area contributed by atoms with Gasteiger partial charge >= 0.3 is 0 Å². The Kier molecular flexibility index (Phi) is 6.57. The van der Waals surface area contributed by atoms with Gasteiger partial charge < -0.3 is 22.7 Å². The lowest BCUT2D eigenvalue weighted by atomic mass is 10.0. The van der Waals surface area contributed by atoms with Crippen molar-refractivity contribution in [1.82, 2.24) is 0 Å². The third-order valence-corrected chi connectivity index (χ3v) is 4.59. The minimum atomic E-state index is -0.865. The molecule has 0 aliphatic heterocycles. The highest BCUT2D eigenvalue weighted by atomic mass is 32.1. The van der Waals surface area contributed by atoms with Crippen molar-refractivity contribution >= 4 is 23.5 Å². The number of nitrogens with zero attached hydrogens (tertiary/aromatic N) is 2. The number of hydrogen-bond acceptors (Lipinski definition) is 4. The standard InChI is InChI=1S/C22H19FN2O2S/c23-19-10-8-18(9-11-19)21(27)20(25-12-4-7-17(14-25)15-26)22(28)24-13-16-5-2-1-3-6-16/h1-12,14,20,26H,13,15H2. The van der Waals surface area contributed by atoms with Crippen LogP contribution in [0.25, 0.3) is 0 Å². The number of carbonyl (C=O) groups excluding carboxylic acids is 1. The van der Waals surface area contributed by atoms with Gasteiger partial charge in [-0.25, -0.2) is 4.39 Å². The Labute approximate surface area is 168 Å². The second kappa shape index (κ2) is 9.30. The number of rotatable bonds is 7. The van der Waals surface area contributed by atoms with Crippen LogP contribution < -0.4 is 4.57 Å². The maximum atomic E-state index is 13.3. The Balaban J connectivity index is 1.97. The molecule has 1 heterocycles. The molecule has 3 aromatic rings. The largest absolute Gasteiger partial charge is 0.758 e. The monoisotopic (exact) mass is 394 g/mol. The first-order valence-electron chi connectivity index (χ1n) is 8.74. The first kappa shape index (κ1) is 19.8. The summed E-state index contributed by atoms with van der Waals surface area (Å²) in [7, 11) is 0. The van der Waals surface area contributed by atoms with Crippen LogP contribution in [0, 0.1) is 5.82 Å². The molecular weight excluding hydrogens is 375 g/mol. The number of ketones is 1. The van der Waals surface area contributed by atoms with Crippen LogP contribution in [0.4, 0.5) is 4.39 Å². The van der Waals surface area contributed by atoms with Gasteiger partial charge in [-0.2, -0.15) is 4.57 Å². The maximum Gasteiger partial charge on any atom is 0.237 e. The molecule has 28 heavy (non-hydrogen) atoms. The van der Waals surface area contributed by atoms with Gasteiger partial charge in [-0.3, -0.25) is 4.79 Å². The third kappa shape index (κ3) is 4.85. The fourth-order valence-corrected chi connectivity index (χ4v) is 3.08. The Morgan fingerprint density at radius 1 is 1.04 bits per heavy atom. The zero-order chi connectivity index (χ0) is 19.9. The second-order valence-corrected chi connectivity index (χ2v) is 6.65. The summed E-state index contributed by atoms with van der Waals surface area (Å²) in [6, 6.07) is 17.6. The fraction of sp³-hybridized carbons (Fsp3) is 0.136. The van der Waals surface area contributed by atoms with Crippen LogP contribution in [0.15, 0.2) is 84.1 Å². The van der Waals surface area contributed by atoms with E-state index in [2.05, 4.69) is 4.99 Å². The molecule has 1 unspecified atom stereocenters. The summed E-state index contributed by atoms with van der Waals surface area (Å²) < 4.78 is 14.9. The van der Waals surface area contributed by atoms with Gasteiger partial charge in [0.1, 0.15) is 5.82 Å². The molecule has 0 aliphatic rings. The molecule has 3 rings (SSSR count). The van der Waals surface area contributed by atoms with Crippen molar-refractivity contribution in [2.24, 2.45) is 4.99 Å². The Hall–Kier alpha value is -2.96. The Morgan fingerprint density at radius 2 is 1.71 bits per heavy atom. The smallest absolute Gasteiger partial charge is 0.237 e. The number of aliphatic imine (C=N–C) groups is 1. The van der Waals surface area contributed by atoms with E-state index in [1.54, 1.807) is 29.1 Å². The normalized spacial score (nSPS) is 12.6. The summed E-state index contributed by atoms with van der Waals surface area (Å²) in [4.78, 5) is 17.6. The number of carbonyl (C=O) groups is 1. The lowest BCUT2D eigenvalue weighted by Gasteiger charge is -2.19. The van der Waals surface area contributed by atoms with E-state index in [1.165, 1.54) is 24.3 Å². The van der Waals surface area contributed by atoms with Gasteiger partial charge in [-0.05, 0) is 40.9 Å². The Morgan fingerprint density at radius 3 is 2.39 bits per heavy atom. The van der Waals surface area contributed by atoms with Gasteiger partial charge in [0, 0.05) is 17.2 Å². The Bertz CT molecular complexity index is 975. The summed E-state index contributed by atoms with van der Waals surface area (Å²) in [5.41, 5.74) is 1.96. The number of Topliss-reactive ketones (excluding diaryl/α,β-unsaturated/α-hetero) is 1. The predicted octanol–water partition coefficient (Wildman–Crippen LogP) is 3.18. The van der Waals surface area contributed by atoms with E-state index in [0.29, 0.717) is 17.7 Å². The minimum Gasteiger partial charge on any atom is -0.758 e. The van der Waals surface area contributed by atoms with Crippen LogP contribution in [0.3, 0.4) is 0 Å². The van der Waals surface area contributed by atoms with Crippen LogP contribution in [-0.2, 0) is 25.8 Å². The molecule has 0 bridgehead atoms. The number of aliphatic hydroxyl groups is 1. The van der Waals surface area contributed by atoms with E-state index in [4.69, 9.17) is 12.6 Å². The van der Waals surface area contributed by atoms with E-state index in [1.807, 2.05) is 30.3 Å². The van der Waals surface area contributed by atoms with Crippen LogP contribution in [0.5, 0.6) is 0 Å². The third-order valence-electron chi connectivity index (χ3n) is 4.24. The quantitative estimate of drug-likeness (QED) is 0.220. The first-order valence-corrected chi connectivity index (χ1v) is 9.15. The van der Waals surface area contributed by atoms with Gasteiger partial charge in [0.2, 0.25) is 11.8 Å². The van der Waals surface area contributed by atoms with E-state index in [9.17, 15) is 14.3 Å². The van der Waals surface area contributed by atoms with Crippen molar-refractivity contribution < 1.29 is 18.9 Å². The molecule has 1 N–H and O–H groups in total. The van der Waals surface area contributed by atoms with Crippen molar-refractivity contribution in [2.75, 3.05) is 0 Å². The molecule has 1 atom stereocenters. The zero-order valence-corrected chi connectivity index (χ0v) is 15.8. The van der Waals surface area contributed by atoms with Crippen LogP contribution >= 0.6 is 0 Å². The summed E-state index contributed by atoms with van der Waals surface area (Å²) in [5, 5.41) is 9.65. The van der Waals surface area contributed by atoms with Crippen molar-refractivity contribution in [3.8, 4) is 0 Å². The summed E-state index contributed by atoms with van der Waals surface area (Å²) in [6.45, 7) is 0.194. The lowest BCUT2D eigenvalue weighted by molar-refractivity contribution is -0.692. The first-order chi connectivity index (χ1) is 13.6. The number of aliphatic hydroxyl groups excluding tert-OH is 1. The van der Waals surface area contributed by atoms with E-state index in [-0.39, 0.29) is 17.4 Å². The van der Waals surface area contributed by atoms with E-state index >= 15 is 0 Å². The highest BCUT2D eigenvalue weighted by Gasteiger charge is 2.28. The molecule has 0 fully saturated rings. The van der Waals surface area contributed by atoms with Gasteiger partial charge in [0.05, 0.1) is 13.2 Å². The van der Waals surface area contributed by atoms with E-state index < -0.39 is 11.9 Å². The topological polar surface area (TPSA) is 53.5 Å². The van der Waals surface area contributed by atoms with Gasteiger partial charge in [0.25, 0.3) is 0 Å². The van der Waals surface area contributed by atoms with Gasteiger partial charge in [-0.1, -0.05) is 30.3 Å². The zero-order valence-electron chi connectivity index (χ0n) is 15.0. The molecule has 2 aromatic carbocycles. The molecule has 0 radical (unpaired) electrons. The SMILES string of the molecule is O=C(c1ccc(F)cc1)C(C([S-])=NCc1ccccc1)[n+]1cccc(CO)c1. The summed E-state index contributed by atoms with van der Waals surface area (Å²) in [6.07, 6.45) is 3.37. The van der Waals surface area contributed by atoms with Gasteiger partial charge in [-0.15, -0.1) is 0 Å². The minimum absolute atomic E-state index is 0.160. The highest BCUT2D eigenvalue weighted by molar-refractivity contribution is 7.77. The highest BCUT2D eigenvalue weighted by Crippen LogP contribution is 2.14. The van der Waals surface area contributed by atoms with Gasteiger partial charge in [0.15, 0.2) is 12.4 Å². The van der Waals surface area contributed by atoms with Crippen molar-refractivity contribution in [3.63, 3.8) is 0 Å². The van der Waals surface area contributed by atoms with Crippen molar-refractivity contribution in [2.45, 2.75) is 19.2 Å². The number of pyridine rings is 1. The predicted molar refractivity (Wildman–Crippen MR) is 107 cm³/mol.